The molecule has 106 valence electrons. The number of piperidine rings is 1. The van der Waals surface area contributed by atoms with Gasteiger partial charge in [0.05, 0.1) is 5.69 Å². The van der Waals surface area contributed by atoms with Crippen LogP contribution in [0.5, 0.6) is 0 Å². The van der Waals surface area contributed by atoms with E-state index in [4.69, 9.17) is 0 Å². The van der Waals surface area contributed by atoms with Crippen LogP contribution in [0, 0.1) is 6.92 Å². The minimum Gasteiger partial charge on any atom is -0.314 e. The summed E-state index contributed by atoms with van der Waals surface area (Å²) in [6.45, 7) is 10.1. The van der Waals surface area contributed by atoms with E-state index in [9.17, 15) is 0 Å². The maximum atomic E-state index is 4.52. The lowest BCUT2D eigenvalue weighted by molar-refractivity contribution is 0.127. The maximum absolute atomic E-state index is 4.52. The second-order valence-corrected chi connectivity index (χ2v) is 5.76. The van der Waals surface area contributed by atoms with Gasteiger partial charge in [0, 0.05) is 31.4 Å². The molecule has 0 aliphatic carbocycles. The second-order valence-electron chi connectivity index (χ2n) is 5.76. The highest BCUT2D eigenvalue weighted by Crippen LogP contribution is 2.20. The van der Waals surface area contributed by atoms with E-state index in [2.05, 4.69) is 42.0 Å². The molecule has 2 unspecified atom stereocenters. The lowest BCUT2D eigenvalue weighted by Crippen LogP contribution is -2.47. The Morgan fingerprint density at radius 1 is 1.47 bits per heavy atom. The van der Waals surface area contributed by atoms with E-state index in [0.29, 0.717) is 12.1 Å². The van der Waals surface area contributed by atoms with Crippen molar-refractivity contribution < 1.29 is 0 Å². The molecule has 0 saturated carbocycles. The topological polar surface area (TPSA) is 28.2 Å². The van der Waals surface area contributed by atoms with Crippen molar-refractivity contribution >= 4 is 0 Å². The molecule has 1 N–H and O–H groups in total. The van der Waals surface area contributed by atoms with E-state index in [1.54, 1.807) is 0 Å². The summed E-state index contributed by atoms with van der Waals surface area (Å²) in [5.41, 5.74) is 2.54. The summed E-state index contributed by atoms with van der Waals surface area (Å²) >= 11 is 0. The number of aromatic nitrogens is 1. The summed E-state index contributed by atoms with van der Waals surface area (Å²) in [5.74, 6) is 0. The fraction of sp³-hybridized carbons (Fsp3) is 0.688. The Bertz CT molecular complexity index is 391. The van der Waals surface area contributed by atoms with E-state index in [1.165, 1.54) is 37.1 Å². The Hall–Kier alpha value is -0.930. The predicted octanol–water partition coefficient (Wildman–Crippen LogP) is 2.74. The molecule has 0 spiro atoms. The Morgan fingerprint density at radius 3 is 3.00 bits per heavy atom. The van der Waals surface area contributed by atoms with Crippen LogP contribution in [0.15, 0.2) is 18.3 Å². The summed E-state index contributed by atoms with van der Waals surface area (Å²) in [4.78, 5) is 7.09. The molecule has 1 aromatic rings. The number of nitrogens with zero attached hydrogens (tertiary/aromatic N) is 2. The third-order valence-electron chi connectivity index (χ3n) is 4.17. The number of rotatable bonds is 5. The van der Waals surface area contributed by atoms with Gasteiger partial charge < -0.3 is 5.32 Å². The molecular weight excluding hydrogens is 234 g/mol. The van der Waals surface area contributed by atoms with Crippen LogP contribution in [-0.2, 0) is 6.54 Å². The molecule has 3 heteroatoms. The minimum atomic E-state index is 0.643. The number of nitrogens with one attached hydrogen (secondary N) is 1. The van der Waals surface area contributed by atoms with Crippen LogP contribution in [-0.4, -0.2) is 35.1 Å². The van der Waals surface area contributed by atoms with Gasteiger partial charge in [0.15, 0.2) is 0 Å². The fourth-order valence-electron chi connectivity index (χ4n) is 2.87. The lowest BCUT2D eigenvalue weighted by Gasteiger charge is -2.38. The summed E-state index contributed by atoms with van der Waals surface area (Å²) in [6.07, 6.45) is 5.65. The van der Waals surface area contributed by atoms with Crippen LogP contribution in [0.4, 0.5) is 0 Å². The van der Waals surface area contributed by atoms with Crippen molar-refractivity contribution in [3.63, 3.8) is 0 Å². The van der Waals surface area contributed by atoms with Crippen molar-refractivity contribution in [3.05, 3.63) is 29.6 Å². The summed E-state index contributed by atoms with van der Waals surface area (Å²) in [6, 6.07) is 5.52. The van der Waals surface area contributed by atoms with Gasteiger partial charge in [0.25, 0.3) is 0 Å². The van der Waals surface area contributed by atoms with Crippen LogP contribution in [0.25, 0.3) is 0 Å². The van der Waals surface area contributed by atoms with Crippen LogP contribution in [0.1, 0.15) is 44.4 Å². The summed E-state index contributed by atoms with van der Waals surface area (Å²) in [7, 11) is 0. The van der Waals surface area contributed by atoms with Crippen LogP contribution in [0.2, 0.25) is 0 Å². The van der Waals surface area contributed by atoms with Crippen molar-refractivity contribution in [1.82, 2.24) is 15.2 Å². The largest absolute Gasteiger partial charge is 0.314 e. The van der Waals surface area contributed by atoms with Gasteiger partial charge in [-0.1, -0.05) is 13.0 Å². The van der Waals surface area contributed by atoms with Crippen molar-refractivity contribution in [2.45, 2.75) is 58.7 Å². The summed E-state index contributed by atoms with van der Waals surface area (Å²) in [5, 5.41) is 3.66. The molecule has 1 aliphatic rings. The number of hydrogen-bond acceptors (Lipinski definition) is 3. The van der Waals surface area contributed by atoms with E-state index in [0.717, 1.165) is 13.1 Å². The molecule has 1 saturated heterocycles. The predicted molar refractivity (Wildman–Crippen MR) is 80.2 cm³/mol. The SMILES string of the molecule is CCCNC1CCN(Cc2ncccc2C)C(C)C1. The zero-order chi connectivity index (χ0) is 13.7. The van der Waals surface area contributed by atoms with Gasteiger partial charge in [-0.3, -0.25) is 9.88 Å². The second kappa shape index (κ2) is 7.01. The molecule has 19 heavy (non-hydrogen) atoms. The molecule has 2 atom stereocenters. The Morgan fingerprint density at radius 2 is 2.32 bits per heavy atom. The first-order chi connectivity index (χ1) is 9.20. The maximum Gasteiger partial charge on any atom is 0.0573 e. The average Bonchev–Trinajstić information content (AvgIpc) is 2.41. The molecule has 2 rings (SSSR count). The van der Waals surface area contributed by atoms with E-state index in [-0.39, 0.29) is 0 Å². The van der Waals surface area contributed by atoms with Gasteiger partial charge in [-0.05, 0) is 51.3 Å². The van der Waals surface area contributed by atoms with Gasteiger partial charge >= 0.3 is 0 Å². The molecular formula is C16H27N3. The molecule has 1 aliphatic heterocycles. The molecule has 3 nitrogen and oxygen atoms in total. The number of likely N-dealkylation sites (tertiary alicyclic amines) is 1. The van der Waals surface area contributed by atoms with Crippen LogP contribution >= 0.6 is 0 Å². The minimum absolute atomic E-state index is 0.643. The van der Waals surface area contributed by atoms with E-state index < -0.39 is 0 Å². The van der Waals surface area contributed by atoms with Crippen LogP contribution < -0.4 is 5.32 Å². The number of aryl methyl sites for hydroxylation is 1. The molecule has 2 heterocycles. The van der Waals surface area contributed by atoms with E-state index >= 15 is 0 Å². The van der Waals surface area contributed by atoms with E-state index in [1.807, 2.05) is 12.3 Å². The Balaban J connectivity index is 1.88. The first-order valence-electron chi connectivity index (χ1n) is 7.58. The molecule has 0 radical (unpaired) electrons. The number of hydrogen-bond donors (Lipinski definition) is 1. The zero-order valence-electron chi connectivity index (χ0n) is 12.5. The van der Waals surface area contributed by atoms with Gasteiger partial charge in [-0.25, -0.2) is 0 Å². The third kappa shape index (κ3) is 4.02. The van der Waals surface area contributed by atoms with Gasteiger partial charge in [0.2, 0.25) is 0 Å². The lowest BCUT2D eigenvalue weighted by atomic mass is 9.97. The molecule has 0 amide bonds. The highest BCUT2D eigenvalue weighted by Gasteiger charge is 2.25. The molecule has 1 aromatic heterocycles. The third-order valence-corrected chi connectivity index (χ3v) is 4.17. The molecule has 0 aromatic carbocycles. The highest BCUT2D eigenvalue weighted by atomic mass is 15.2. The summed E-state index contributed by atoms with van der Waals surface area (Å²) < 4.78 is 0. The van der Waals surface area contributed by atoms with Crippen molar-refractivity contribution in [3.8, 4) is 0 Å². The zero-order valence-corrected chi connectivity index (χ0v) is 12.5. The highest BCUT2D eigenvalue weighted by molar-refractivity contribution is 5.17. The van der Waals surface area contributed by atoms with Gasteiger partial charge in [-0.2, -0.15) is 0 Å². The fourth-order valence-corrected chi connectivity index (χ4v) is 2.87. The van der Waals surface area contributed by atoms with Crippen molar-refractivity contribution in [2.24, 2.45) is 0 Å². The first-order valence-corrected chi connectivity index (χ1v) is 7.58. The normalized spacial score (nSPS) is 24.6. The van der Waals surface area contributed by atoms with Crippen molar-refractivity contribution in [2.75, 3.05) is 13.1 Å². The van der Waals surface area contributed by atoms with Crippen LogP contribution in [0.3, 0.4) is 0 Å². The Kier molecular flexibility index (Phi) is 5.34. The number of pyridine rings is 1. The van der Waals surface area contributed by atoms with Gasteiger partial charge in [0.1, 0.15) is 0 Å². The first kappa shape index (κ1) is 14.5. The monoisotopic (exact) mass is 261 g/mol. The quantitative estimate of drug-likeness (QED) is 0.883. The van der Waals surface area contributed by atoms with Crippen molar-refractivity contribution in [1.29, 1.82) is 0 Å². The average molecular weight is 261 g/mol. The smallest absolute Gasteiger partial charge is 0.0573 e. The van der Waals surface area contributed by atoms with Gasteiger partial charge in [-0.15, -0.1) is 0 Å². The Labute approximate surface area is 117 Å². The molecule has 0 bridgehead atoms. The standard InChI is InChI=1S/C16H27N3/c1-4-8-17-15-7-10-19(14(3)11-15)12-16-13(2)6-5-9-18-16/h5-6,9,14-15,17H,4,7-8,10-12H2,1-3H3. The molecule has 1 fully saturated rings.